The highest BCUT2D eigenvalue weighted by molar-refractivity contribution is 7.09. The largest absolute Gasteiger partial charge is 0.370 e. The number of thiazole rings is 1. The van der Waals surface area contributed by atoms with E-state index in [0.29, 0.717) is 25.3 Å². The molecule has 1 amide bonds. The maximum absolute atomic E-state index is 13.1. The van der Waals surface area contributed by atoms with Gasteiger partial charge in [-0.05, 0) is 31.5 Å². The number of hydrogen-bond acceptors (Lipinski definition) is 4. The van der Waals surface area contributed by atoms with Crippen LogP contribution in [0.5, 0.6) is 0 Å². The van der Waals surface area contributed by atoms with Gasteiger partial charge in [0.1, 0.15) is 5.82 Å². The van der Waals surface area contributed by atoms with Crippen LogP contribution in [0.2, 0.25) is 5.02 Å². The minimum absolute atomic E-state index is 0.0137. The van der Waals surface area contributed by atoms with Crippen LogP contribution in [-0.4, -0.2) is 35.0 Å². The normalized spacial score (nSPS) is 17.7. The van der Waals surface area contributed by atoms with Crippen molar-refractivity contribution in [3.8, 4) is 0 Å². The number of carbonyl (C=O) groups excluding carboxylic acids is 1. The summed E-state index contributed by atoms with van der Waals surface area (Å²) in [7, 11) is 0. The SMILES string of the molecule is Cc1nc(CO[C@@H]2CCN(C(=O)c3ccc(F)cc3Cl)C2)cs1. The quantitative estimate of drug-likeness (QED) is 0.841. The molecule has 0 spiro atoms. The van der Waals surface area contributed by atoms with Crippen LogP contribution in [0, 0.1) is 12.7 Å². The molecule has 1 saturated heterocycles. The van der Waals surface area contributed by atoms with Crippen LogP contribution < -0.4 is 0 Å². The fourth-order valence-electron chi connectivity index (χ4n) is 2.56. The molecule has 4 nitrogen and oxygen atoms in total. The van der Waals surface area contributed by atoms with Crippen molar-refractivity contribution in [2.45, 2.75) is 26.1 Å². The van der Waals surface area contributed by atoms with Crippen LogP contribution in [0.3, 0.4) is 0 Å². The van der Waals surface area contributed by atoms with E-state index in [2.05, 4.69) is 4.98 Å². The predicted octanol–water partition coefficient (Wildman–Crippen LogP) is 3.68. The van der Waals surface area contributed by atoms with E-state index in [-0.39, 0.29) is 17.0 Å². The lowest BCUT2D eigenvalue weighted by molar-refractivity contribution is 0.0424. The van der Waals surface area contributed by atoms with Crippen molar-refractivity contribution in [3.63, 3.8) is 0 Å². The van der Waals surface area contributed by atoms with Crippen LogP contribution >= 0.6 is 22.9 Å². The lowest BCUT2D eigenvalue weighted by Gasteiger charge is -2.17. The van der Waals surface area contributed by atoms with E-state index in [1.807, 2.05) is 12.3 Å². The van der Waals surface area contributed by atoms with Crippen LogP contribution in [0.25, 0.3) is 0 Å². The molecular formula is C16H16ClFN2O2S. The van der Waals surface area contributed by atoms with Crippen molar-refractivity contribution in [3.05, 3.63) is 50.7 Å². The molecule has 0 aliphatic carbocycles. The molecule has 0 radical (unpaired) electrons. The van der Waals surface area contributed by atoms with E-state index in [0.717, 1.165) is 23.2 Å². The molecule has 0 N–H and O–H groups in total. The highest BCUT2D eigenvalue weighted by atomic mass is 35.5. The average molecular weight is 355 g/mol. The first-order chi connectivity index (χ1) is 11.0. The highest BCUT2D eigenvalue weighted by Crippen LogP contribution is 2.23. The van der Waals surface area contributed by atoms with Gasteiger partial charge >= 0.3 is 0 Å². The molecule has 0 bridgehead atoms. The molecule has 1 atom stereocenters. The number of ether oxygens (including phenoxy) is 1. The first kappa shape index (κ1) is 16.4. The smallest absolute Gasteiger partial charge is 0.255 e. The average Bonchev–Trinajstić information content (AvgIpc) is 3.13. The highest BCUT2D eigenvalue weighted by Gasteiger charge is 2.28. The Labute approximate surface area is 142 Å². The number of halogens is 2. The van der Waals surface area contributed by atoms with Crippen molar-refractivity contribution in [2.24, 2.45) is 0 Å². The molecule has 7 heteroatoms. The van der Waals surface area contributed by atoms with E-state index in [4.69, 9.17) is 16.3 Å². The number of amides is 1. The van der Waals surface area contributed by atoms with E-state index in [9.17, 15) is 9.18 Å². The molecule has 1 fully saturated rings. The Morgan fingerprint density at radius 2 is 2.39 bits per heavy atom. The topological polar surface area (TPSA) is 42.4 Å². The number of rotatable bonds is 4. The van der Waals surface area contributed by atoms with E-state index >= 15 is 0 Å². The fraction of sp³-hybridized carbons (Fsp3) is 0.375. The molecule has 122 valence electrons. The van der Waals surface area contributed by atoms with Gasteiger partial charge in [-0.1, -0.05) is 11.6 Å². The van der Waals surface area contributed by atoms with Gasteiger partial charge in [0.2, 0.25) is 0 Å². The summed E-state index contributed by atoms with van der Waals surface area (Å²) >= 11 is 7.55. The van der Waals surface area contributed by atoms with Crippen molar-refractivity contribution >= 4 is 28.8 Å². The Morgan fingerprint density at radius 1 is 1.57 bits per heavy atom. The first-order valence-electron chi connectivity index (χ1n) is 7.30. The third-order valence-electron chi connectivity index (χ3n) is 3.73. The third-order valence-corrected chi connectivity index (χ3v) is 4.86. The number of aryl methyl sites for hydroxylation is 1. The molecule has 1 aliphatic rings. The summed E-state index contributed by atoms with van der Waals surface area (Å²) < 4.78 is 18.9. The second kappa shape index (κ2) is 6.95. The molecule has 1 aliphatic heterocycles. The minimum Gasteiger partial charge on any atom is -0.370 e. The van der Waals surface area contributed by atoms with Crippen LogP contribution in [0.15, 0.2) is 23.6 Å². The Hall–Kier alpha value is -1.50. The van der Waals surface area contributed by atoms with Gasteiger partial charge in [0, 0.05) is 18.5 Å². The Morgan fingerprint density at radius 3 is 3.09 bits per heavy atom. The number of benzene rings is 1. The number of aromatic nitrogens is 1. The van der Waals surface area contributed by atoms with E-state index in [1.165, 1.54) is 12.1 Å². The monoisotopic (exact) mass is 354 g/mol. The Balaban J connectivity index is 1.57. The summed E-state index contributed by atoms with van der Waals surface area (Å²) in [6, 6.07) is 3.82. The molecule has 3 rings (SSSR count). The van der Waals surface area contributed by atoms with Crippen molar-refractivity contribution in [2.75, 3.05) is 13.1 Å². The van der Waals surface area contributed by atoms with Crippen molar-refractivity contribution < 1.29 is 13.9 Å². The zero-order valence-electron chi connectivity index (χ0n) is 12.6. The molecule has 0 saturated carbocycles. The number of carbonyl (C=O) groups is 1. The van der Waals surface area contributed by atoms with Crippen LogP contribution in [0.1, 0.15) is 27.5 Å². The van der Waals surface area contributed by atoms with E-state index in [1.54, 1.807) is 16.2 Å². The second-order valence-electron chi connectivity index (χ2n) is 5.45. The zero-order chi connectivity index (χ0) is 16.4. The number of likely N-dealkylation sites (tertiary alicyclic amines) is 1. The second-order valence-corrected chi connectivity index (χ2v) is 6.92. The summed E-state index contributed by atoms with van der Waals surface area (Å²) in [6.07, 6.45) is 0.758. The molecule has 1 aromatic carbocycles. The summed E-state index contributed by atoms with van der Waals surface area (Å²) in [5, 5.41) is 3.13. The van der Waals surface area contributed by atoms with E-state index < -0.39 is 5.82 Å². The summed E-state index contributed by atoms with van der Waals surface area (Å²) in [5.41, 5.74) is 1.24. The molecule has 2 heterocycles. The zero-order valence-corrected chi connectivity index (χ0v) is 14.2. The lowest BCUT2D eigenvalue weighted by atomic mass is 10.2. The van der Waals surface area contributed by atoms with Crippen LogP contribution in [-0.2, 0) is 11.3 Å². The maximum Gasteiger partial charge on any atom is 0.255 e. The first-order valence-corrected chi connectivity index (χ1v) is 8.55. The van der Waals surface area contributed by atoms with Crippen molar-refractivity contribution in [1.29, 1.82) is 0 Å². The van der Waals surface area contributed by atoms with Gasteiger partial charge in [0.05, 0.1) is 34.0 Å². The van der Waals surface area contributed by atoms with Crippen LogP contribution in [0.4, 0.5) is 4.39 Å². The third kappa shape index (κ3) is 3.88. The maximum atomic E-state index is 13.1. The van der Waals surface area contributed by atoms with Gasteiger partial charge in [-0.15, -0.1) is 11.3 Å². The number of hydrogen-bond donors (Lipinski definition) is 0. The molecule has 0 unspecified atom stereocenters. The fourth-order valence-corrected chi connectivity index (χ4v) is 3.41. The summed E-state index contributed by atoms with van der Waals surface area (Å²) in [6.45, 7) is 3.52. The van der Waals surface area contributed by atoms with Crippen molar-refractivity contribution in [1.82, 2.24) is 9.88 Å². The van der Waals surface area contributed by atoms with Gasteiger partial charge in [-0.2, -0.15) is 0 Å². The Kier molecular flexibility index (Phi) is 4.94. The molecule has 23 heavy (non-hydrogen) atoms. The van der Waals surface area contributed by atoms with Gasteiger partial charge < -0.3 is 9.64 Å². The number of nitrogens with zero attached hydrogens (tertiary/aromatic N) is 2. The molecule has 1 aromatic heterocycles. The predicted molar refractivity (Wildman–Crippen MR) is 87.4 cm³/mol. The van der Waals surface area contributed by atoms with Gasteiger partial charge in [0.25, 0.3) is 5.91 Å². The molecular weight excluding hydrogens is 339 g/mol. The molecule has 2 aromatic rings. The lowest BCUT2D eigenvalue weighted by Crippen LogP contribution is -2.30. The minimum atomic E-state index is -0.451. The van der Waals surface area contributed by atoms with Gasteiger partial charge in [0.15, 0.2) is 0 Å². The summed E-state index contributed by atoms with van der Waals surface area (Å²) in [5.74, 6) is -0.640. The summed E-state index contributed by atoms with van der Waals surface area (Å²) in [4.78, 5) is 18.5. The standard InChI is InChI=1S/C16H16ClFN2O2S/c1-10-19-12(9-23-10)8-22-13-4-5-20(7-13)16(21)14-3-2-11(18)6-15(14)17/h2-3,6,9,13H,4-5,7-8H2,1H3/t13-/m1/s1. The van der Waals surface area contributed by atoms with Gasteiger partial charge in [-0.25, -0.2) is 9.37 Å². The van der Waals surface area contributed by atoms with Gasteiger partial charge in [-0.3, -0.25) is 4.79 Å². The Bertz CT molecular complexity index is 722.